The van der Waals surface area contributed by atoms with E-state index in [0.29, 0.717) is 5.92 Å². The van der Waals surface area contributed by atoms with Crippen molar-refractivity contribution in [3.05, 3.63) is 23.9 Å². The van der Waals surface area contributed by atoms with Gasteiger partial charge in [0.05, 0.1) is 6.61 Å². The SMILES string of the molecule is COCCN(CC(C)C)c1cc(CNC(C)(C)C)ccn1. The topological polar surface area (TPSA) is 37.4 Å². The van der Waals surface area contributed by atoms with E-state index in [-0.39, 0.29) is 5.54 Å². The van der Waals surface area contributed by atoms with E-state index >= 15 is 0 Å². The van der Waals surface area contributed by atoms with Crippen molar-refractivity contribution < 1.29 is 4.74 Å². The third-order valence-corrected chi connectivity index (χ3v) is 3.11. The van der Waals surface area contributed by atoms with E-state index in [0.717, 1.165) is 32.1 Å². The van der Waals surface area contributed by atoms with Crippen LogP contribution in [-0.2, 0) is 11.3 Å². The van der Waals surface area contributed by atoms with Gasteiger partial charge in [0, 0.05) is 38.5 Å². The molecule has 1 aromatic rings. The molecule has 0 aliphatic carbocycles. The fourth-order valence-corrected chi connectivity index (χ4v) is 2.05. The van der Waals surface area contributed by atoms with Crippen molar-refractivity contribution in [3.8, 4) is 0 Å². The van der Waals surface area contributed by atoms with Gasteiger partial charge in [-0.15, -0.1) is 0 Å². The number of anilines is 1. The van der Waals surface area contributed by atoms with Gasteiger partial charge in [-0.25, -0.2) is 4.98 Å². The summed E-state index contributed by atoms with van der Waals surface area (Å²) >= 11 is 0. The Morgan fingerprint density at radius 1 is 1.33 bits per heavy atom. The standard InChI is InChI=1S/C17H31N3O/c1-14(2)13-20(9-10-21-6)16-11-15(7-8-18-16)12-19-17(3,4)5/h7-8,11,14,19H,9-10,12-13H2,1-6H3. The van der Waals surface area contributed by atoms with Crippen molar-refractivity contribution in [2.24, 2.45) is 5.92 Å². The number of pyridine rings is 1. The first kappa shape index (κ1) is 17.9. The first-order valence-electron chi connectivity index (χ1n) is 7.75. The Labute approximate surface area is 129 Å². The number of ether oxygens (including phenoxy) is 1. The second kappa shape index (κ2) is 8.35. The summed E-state index contributed by atoms with van der Waals surface area (Å²) in [7, 11) is 1.74. The number of aromatic nitrogens is 1. The summed E-state index contributed by atoms with van der Waals surface area (Å²) in [5.41, 5.74) is 1.39. The normalized spacial score (nSPS) is 12.0. The minimum absolute atomic E-state index is 0.122. The second-order valence-electron chi connectivity index (χ2n) is 6.96. The zero-order valence-electron chi connectivity index (χ0n) is 14.4. The lowest BCUT2D eigenvalue weighted by Gasteiger charge is -2.26. The van der Waals surface area contributed by atoms with E-state index < -0.39 is 0 Å². The van der Waals surface area contributed by atoms with Crippen LogP contribution < -0.4 is 10.2 Å². The lowest BCUT2D eigenvalue weighted by molar-refractivity contribution is 0.204. The molecule has 1 heterocycles. The van der Waals surface area contributed by atoms with Gasteiger partial charge in [0.25, 0.3) is 0 Å². The molecular weight excluding hydrogens is 262 g/mol. The van der Waals surface area contributed by atoms with Gasteiger partial charge in [-0.05, 0) is 44.4 Å². The number of rotatable bonds is 8. The average Bonchev–Trinajstić information content (AvgIpc) is 2.40. The molecule has 0 bridgehead atoms. The van der Waals surface area contributed by atoms with E-state index in [4.69, 9.17) is 4.74 Å². The van der Waals surface area contributed by atoms with Crippen LogP contribution >= 0.6 is 0 Å². The summed E-state index contributed by atoms with van der Waals surface area (Å²) in [6, 6.07) is 4.25. The molecule has 0 aliphatic rings. The van der Waals surface area contributed by atoms with Gasteiger partial charge in [0.15, 0.2) is 0 Å². The summed E-state index contributed by atoms with van der Waals surface area (Å²) in [6.07, 6.45) is 1.90. The van der Waals surface area contributed by atoms with Crippen molar-refractivity contribution in [2.75, 3.05) is 31.7 Å². The summed E-state index contributed by atoms with van der Waals surface area (Å²) < 4.78 is 5.22. The Bertz CT molecular complexity index is 413. The van der Waals surface area contributed by atoms with Gasteiger partial charge in [0.1, 0.15) is 5.82 Å². The summed E-state index contributed by atoms with van der Waals surface area (Å²) in [6.45, 7) is 14.4. The van der Waals surface area contributed by atoms with Crippen LogP contribution in [0.25, 0.3) is 0 Å². The molecule has 1 N–H and O–H groups in total. The molecule has 0 radical (unpaired) electrons. The molecule has 4 nitrogen and oxygen atoms in total. The van der Waals surface area contributed by atoms with Crippen LogP contribution in [0.4, 0.5) is 5.82 Å². The monoisotopic (exact) mass is 293 g/mol. The molecule has 0 aliphatic heterocycles. The lowest BCUT2D eigenvalue weighted by atomic mass is 10.1. The van der Waals surface area contributed by atoms with Crippen molar-refractivity contribution in [2.45, 2.75) is 46.7 Å². The first-order valence-corrected chi connectivity index (χ1v) is 7.75. The highest BCUT2D eigenvalue weighted by atomic mass is 16.5. The number of hydrogen-bond acceptors (Lipinski definition) is 4. The Balaban J connectivity index is 2.78. The van der Waals surface area contributed by atoms with E-state index in [9.17, 15) is 0 Å². The Morgan fingerprint density at radius 3 is 2.62 bits per heavy atom. The van der Waals surface area contributed by atoms with E-state index in [1.807, 2.05) is 6.20 Å². The van der Waals surface area contributed by atoms with Crippen LogP contribution in [-0.4, -0.2) is 37.3 Å². The highest BCUT2D eigenvalue weighted by Gasteiger charge is 2.12. The van der Waals surface area contributed by atoms with Gasteiger partial charge in [-0.3, -0.25) is 0 Å². The van der Waals surface area contributed by atoms with E-state index in [1.165, 1.54) is 5.56 Å². The van der Waals surface area contributed by atoms with Crippen molar-refractivity contribution in [3.63, 3.8) is 0 Å². The number of methoxy groups -OCH3 is 1. The fraction of sp³-hybridized carbons (Fsp3) is 0.706. The molecule has 0 saturated heterocycles. The molecule has 4 heteroatoms. The van der Waals surface area contributed by atoms with Crippen molar-refractivity contribution >= 4 is 5.82 Å². The lowest BCUT2D eigenvalue weighted by Crippen LogP contribution is -2.35. The predicted molar refractivity (Wildman–Crippen MR) is 89.8 cm³/mol. The van der Waals surface area contributed by atoms with Gasteiger partial charge >= 0.3 is 0 Å². The van der Waals surface area contributed by atoms with Crippen LogP contribution in [0, 0.1) is 5.92 Å². The fourth-order valence-electron chi connectivity index (χ4n) is 2.05. The highest BCUT2D eigenvalue weighted by Crippen LogP contribution is 2.15. The molecule has 21 heavy (non-hydrogen) atoms. The van der Waals surface area contributed by atoms with Gasteiger partial charge in [-0.2, -0.15) is 0 Å². The van der Waals surface area contributed by atoms with Crippen LogP contribution in [0.15, 0.2) is 18.3 Å². The maximum atomic E-state index is 5.22. The van der Waals surface area contributed by atoms with Crippen LogP contribution in [0.1, 0.15) is 40.2 Å². The smallest absolute Gasteiger partial charge is 0.128 e. The summed E-state index contributed by atoms with van der Waals surface area (Å²) in [4.78, 5) is 6.83. The minimum atomic E-state index is 0.122. The third kappa shape index (κ3) is 7.44. The molecule has 1 aromatic heterocycles. The highest BCUT2D eigenvalue weighted by molar-refractivity contribution is 5.41. The second-order valence-corrected chi connectivity index (χ2v) is 6.96. The molecule has 120 valence electrons. The Hall–Kier alpha value is -1.13. The molecule has 0 fully saturated rings. The quantitative estimate of drug-likeness (QED) is 0.799. The minimum Gasteiger partial charge on any atom is -0.383 e. The molecule has 0 amide bonds. The van der Waals surface area contributed by atoms with Crippen LogP contribution in [0.5, 0.6) is 0 Å². The first-order chi connectivity index (χ1) is 9.81. The molecule has 0 spiro atoms. The zero-order chi connectivity index (χ0) is 15.9. The number of nitrogens with zero attached hydrogens (tertiary/aromatic N) is 2. The predicted octanol–water partition coefficient (Wildman–Crippen LogP) is 3.08. The van der Waals surface area contributed by atoms with Crippen molar-refractivity contribution in [1.29, 1.82) is 0 Å². The van der Waals surface area contributed by atoms with Crippen LogP contribution in [0.3, 0.4) is 0 Å². The molecule has 0 unspecified atom stereocenters. The van der Waals surface area contributed by atoms with Gasteiger partial charge < -0.3 is 15.0 Å². The Morgan fingerprint density at radius 2 is 2.05 bits per heavy atom. The van der Waals surface area contributed by atoms with Gasteiger partial charge in [0.2, 0.25) is 0 Å². The number of hydrogen-bond donors (Lipinski definition) is 1. The molecule has 0 atom stereocenters. The average molecular weight is 293 g/mol. The third-order valence-electron chi connectivity index (χ3n) is 3.11. The Kier molecular flexibility index (Phi) is 7.12. The maximum absolute atomic E-state index is 5.22. The zero-order valence-corrected chi connectivity index (χ0v) is 14.4. The van der Waals surface area contributed by atoms with Crippen molar-refractivity contribution in [1.82, 2.24) is 10.3 Å². The largest absolute Gasteiger partial charge is 0.383 e. The molecular formula is C17H31N3O. The van der Waals surface area contributed by atoms with E-state index in [2.05, 4.69) is 62.0 Å². The molecule has 0 saturated carbocycles. The maximum Gasteiger partial charge on any atom is 0.128 e. The number of nitrogens with one attached hydrogen (secondary N) is 1. The summed E-state index contributed by atoms with van der Waals surface area (Å²) in [5, 5.41) is 3.52. The molecule has 0 aromatic carbocycles. The van der Waals surface area contributed by atoms with Gasteiger partial charge in [-0.1, -0.05) is 13.8 Å². The summed E-state index contributed by atoms with van der Waals surface area (Å²) in [5.74, 6) is 1.63. The van der Waals surface area contributed by atoms with E-state index in [1.54, 1.807) is 7.11 Å². The van der Waals surface area contributed by atoms with Crippen LogP contribution in [0.2, 0.25) is 0 Å². The molecule has 1 rings (SSSR count).